The van der Waals surface area contributed by atoms with Crippen molar-refractivity contribution < 1.29 is 9.59 Å². The van der Waals surface area contributed by atoms with Crippen molar-refractivity contribution in [2.45, 2.75) is 25.7 Å². The van der Waals surface area contributed by atoms with E-state index in [0.717, 1.165) is 30.1 Å². The van der Waals surface area contributed by atoms with Gasteiger partial charge in [-0.1, -0.05) is 4.49 Å². The molecule has 1 aliphatic heterocycles. The lowest BCUT2D eigenvalue weighted by molar-refractivity contribution is 0.0716. The van der Waals surface area contributed by atoms with Crippen LogP contribution in [0.2, 0.25) is 0 Å². The normalized spacial score (nSPS) is 16.0. The van der Waals surface area contributed by atoms with Gasteiger partial charge < -0.3 is 10.6 Å². The summed E-state index contributed by atoms with van der Waals surface area (Å²) in [5, 5.41) is 10.6. The van der Waals surface area contributed by atoms with Crippen LogP contribution in [0.25, 0.3) is 0 Å². The quantitative estimate of drug-likeness (QED) is 0.862. The van der Waals surface area contributed by atoms with E-state index >= 15 is 0 Å². The van der Waals surface area contributed by atoms with Crippen LogP contribution in [0.1, 0.15) is 50.3 Å². The summed E-state index contributed by atoms with van der Waals surface area (Å²) < 4.78 is 3.81. The topological polar surface area (TPSA) is 118 Å². The third-order valence-electron chi connectivity index (χ3n) is 3.92. The fraction of sp³-hybridized carbons (Fsp3) is 0.462. The minimum absolute atomic E-state index is 0.00612. The highest BCUT2D eigenvalue weighted by Crippen LogP contribution is 2.28. The maximum Gasteiger partial charge on any atom is 0.269 e. The molecule has 3 heterocycles. The zero-order chi connectivity index (χ0) is 15.7. The predicted octanol–water partition coefficient (Wildman–Crippen LogP) is 0.688. The van der Waals surface area contributed by atoms with Crippen molar-refractivity contribution >= 4 is 23.3 Å². The lowest BCUT2D eigenvalue weighted by atomic mass is 9.93. The number of rotatable bonds is 3. The summed E-state index contributed by atoms with van der Waals surface area (Å²) in [6, 6.07) is 1.70. The molecular formula is C13H16N6O2S. The molecule has 8 nitrogen and oxygen atoms in total. The number of H-pyrrole nitrogens is 1. The maximum atomic E-state index is 12.4. The van der Waals surface area contributed by atoms with Crippen molar-refractivity contribution in [3.05, 3.63) is 28.0 Å². The first-order valence-corrected chi connectivity index (χ1v) is 7.77. The number of hydrogen-bond acceptors (Lipinski definition) is 6. The van der Waals surface area contributed by atoms with Gasteiger partial charge in [-0.15, -0.1) is 5.10 Å². The maximum absolute atomic E-state index is 12.4. The number of nitrogens with zero attached hydrogens (tertiary/aromatic N) is 4. The molecule has 3 N–H and O–H groups in total. The number of nitrogens with two attached hydrogens (primary N) is 1. The summed E-state index contributed by atoms with van der Waals surface area (Å²) in [5.74, 6) is -0.290. The molecule has 1 fully saturated rings. The van der Waals surface area contributed by atoms with E-state index in [2.05, 4.69) is 19.8 Å². The van der Waals surface area contributed by atoms with Gasteiger partial charge in [0.05, 0.1) is 5.69 Å². The second-order valence-corrected chi connectivity index (χ2v) is 6.08. The molecule has 9 heteroatoms. The molecule has 1 saturated heterocycles. The molecule has 0 bridgehead atoms. The SMILES string of the molecule is Cc1nnsc1C(=O)N1CCC(c2cc(C(N)=O)n[nH]2)CC1. The molecule has 0 spiro atoms. The fourth-order valence-corrected chi connectivity index (χ4v) is 3.26. The Kier molecular flexibility index (Phi) is 3.88. The average Bonchev–Trinajstić information content (AvgIpc) is 3.15. The Morgan fingerprint density at radius 2 is 2.14 bits per heavy atom. The molecule has 0 radical (unpaired) electrons. The van der Waals surface area contributed by atoms with E-state index in [1.807, 2.05) is 4.90 Å². The summed E-state index contributed by atoms with van der Waals surface area (Å²) in [4.78, 5) is 25.9. The zero-order valence-corrected chi connectivity index (χ0v) is 12.9. The highest BCUT2D eigenvalue weighted by atomic mass is 32.1. The first-order valence-electron chi connectivity index (χ1n) is 6.99. The summed E-state index contributed by atoms with van der Waals surface area (Å²) >= 11 is 1.14. The number of likely N-dealkylation sites (tertiary alicyclic amines) is 1. The van der Waals surface area contributed by atoms with Crippen LogP contribution in [-0.2, 0) is 0 Å². The number of carbonyl (C=O) groups is 2. The number of amides is 2. The van der Waals surface area contributed by atoms with Gasteiger partial charge in [-0.25, -0.2) is 0 Å². The molecule has 116 valence electrons. The van der Waals surface area contributed by atoms with Crippen LogP contribution < -0.4 is 5.73 Å². The van der Waals surface area contributed by atoms with Gasteiger partial charge in [0.1, 0.15) is 10.6 Å². The van der Waals surface area contributed by atoms with Crippen LogP contribution in [-0.4, -0.2) is 49.6 Å². The van der Waals surface area contributed by atoms with Crippen molar-refractivity contribution in [1.29, 1.82) is 0 Å². The Hall–Kier alpha value is -2.29. The number of hydrogen-bond donors (Lipinski definition) is 2. The Balaban J connectivity index is 1.63. The molecule has 0 saturated carbocycles. The van der Waals surface area contributed by atoms with E-state index in [4.69, 9.17) is 5.73 Å². The molecule has 0 aromatic carbocycles. The molecule has 2 aromatic heterocycles. The third-order valence-corrected chi connectivity index (χ3v) is 4.73. The molecule has 3 rings (SSSR count). The summed E-state index contributed by atoms with van der Waals surface area (Å²) in [7, 11) is 0. The van der Waals surface area contributed by atoms with E-state index in [9.17, 15) is 9.59 Å². The van der Waals surface area contributed by atoms with Crippen LogP contribution >= 0.6 is 11.5 Å². The van der Waals surface area contributed by atoms with E-state index in [1.165, 1.54) is 0 Å². The first-order chi connectivity index (χ1) is 10.6. The highest BCUT2D eigenvalue weighted by Gasteiger charge is 2.27. The molecular weight excluding hydrogens is 304 g/mol. The minimum atomic E-state index is -0.539. The van der Waals surface area contributed by atoms with E-state index in [1.54, 1.807) is 13.0 Å². The first kappa shape index (κ1) is 14.6. The van der Waals surface area contributed by atoms with Gasteiger partial charge in [0.15, 0.2) is 0 Å². The molecule has 2 aromatic rings. The largest absolute Gasteiger partial charge is 0.364 e. The number of aryl methyl sites for hydroxylation is 1. The molecule has 0 atom stereocenters. The monoisotopic (exact) mass is 320 g/mol. The molecule has 0 unspecified atom stereocenters. The Morgan fingerprint density at radius 3 is 2.68 bits per heavy atom. The summed E-state index contributed by atoms with van der Waals surface area (Å²) in [5.41, 5.74) is 7.03. The van der Waals surface area contributed by atoms with Gasteiger partial charge in [0, 0.05) is 24.7 Å². The minimum Gasteiger partial charge on any atom is -0.364 e. The third kappa shape index (κ3) is 2.71. The Morgan fingerprint density at radius 1 is 1.41 bits per heavy atom. The van der Waals surface area contributed by atoms with Crippen molar-refractivity contribution in [2.75, 3.05) is 13.1 Å². The predicted molar refractivity (Wildman–Crippen MR) is 79.6 cm³/mol. The smallest absolute Gasteiger partial charge is 0.269 e. The summed E-state index contributed by atoms with van der Waals surface area (Å²) in [6.07, 6.45) is 1.63. The number of nitrogens with one attached hydrogen (secondary N) is 1. The van der Waals surface area contributed by atoms with Crippen LogP contribution in [0.3, 0.4) is 0 Å². The van der Waals surface area contributed by atoms with Crippen molar-refractivity contribution in [3.8, 4) is 0 Å². The average molecular weight is 320 g/mol. The van der Waals surface area contributed by atoms with Crippen molar-refractivity contribution in [3.63, 3.8) is 0 Å². The van der Waals surface area contributed by atoms with Crippen LogP contribution in [0.15, 0.2) is 6.07 Å². The van der Waals surface area contributed by atoms with E-state index in [-0.39, 0.29) is 17.5 Å². The number of aromatic amines is 1. The van der Waals surface area contributed by atoms with E-state index in [0.29, 0.717) is 23.7 Å². The second-order valence-electron chi connectivity index (χ2n) is 5.33. The lowest BCUT2D eigenvalue weighted by Gasteiger charge is -2.31. The highest BCUT2D eigenvalue weighted by molar-refractivity contribution is 7.07. The van der Waals surface area contributed by atoms with Gasteiger partial charge in [0.25, 0.3) is 11.8 Å². The molecule has 2 amide bonds. The Bertz CT molecular complexity index is 701. The molecule has 1 aliphatic rings. The molecule has 22 heavy (non-hydrogen) atoms. The second kappa shape index (κ2) is 5.84. The van der Waals surface area contributed by atoms with E-state index < -0.39 is 5.91 Å². The number of primary amides is 1. The zero-order valence-electron chi connectivity index (χ0n) is 12.1. The fourth-order valence-electron chi connectivity index (χ4n) is 2.64. The Labute approximate surface area is 130 Å². The number of aromatic nitrogens is 4. The summed E-state index contributed by atoms with van der Waals surface area (Å²) in [6.45, 7) is 3.11. The van der Waals surface area contributed by atoms with Gasteiger partial charge in [-0.05, 0) is 37.4 Å². The lowest BCUT2D eigenvalue weighted by Crippen LogP contribution is -2.37. The number of carbonyl (C=O) groups excluding carboxylic acids is 2. The number of piperidine rings is 1. The van der Waals surface area contributed by atoms with Crippen LogP contribution in [0, 0.1) is 6.92 Å². The van der Waals surface area contributed by atoms with Gasteiger partial charge in [-0.3, -0.25) is 14.7 Å². The van der Waals surface area contributed by atoms with Crippen LogP contribution in [0.5, 0.6) is 0 Å². The standard InChI is InChI=1S/C13H16N6O2S/c1-7-11(22-18-15-7)13(21)19-4-2-8(3-5-19)9-6-10(12(14)20)17-16-9/h6,8H,2-5H2,1H3,(H2,14,20)(H,16,17). The van der Waals surface area contributed by atoms with Crippen LogP contribution in [0.4, 0.5) is 0 Å². The van der Waals surface area contributed by atoms with Crippen molar-refractivity contribution in [2.24, 2.45) is 5.73 Å². The van der Waals surface area contributed by atoms with Gasteiger partial charge >= 0.3 is 0 Å². The van der Waals surface area contributed by atoms with Gasteiger partial charge in [-0.2, -0.15) is 5.10 Å². The van der Waals surface area contributed by atoms with Crippen molar-refractivity contribution in [1.82, 2.24) is 24.7 Å². The van der Waals surface area contributed by atoms with Gasteiger partial charge in [0.2, 0.25) is 0 Å². The molecule has 0 aliphatic carbocycles.